The van der Waals surface area contributed by atoms with E-state index >= 15 is 0 Å². The number of rotatable bonds is 2. The van der Waals surface area contributed by atoms with Gasteiger partial charge in [-0.25, -0.2) is 10.5 Å². The Morgan fingerprint density at radius 3 is 2.80 bits per heavy atom. The topological polar surface area (TPSA) is 81.2 Å². The van der Waals surface area contributed by atoms with Crippen LogP contribution in [-0.2, 0) is 4.79 Å². The van der Waals surface area contributed by atoms with Crippen LogP contribution < -0.4 is 10.4 Å². The largest absolute Gasteiger partial charge is 0.338 e. The zero-order valence-corrected chi connectivity index (χ0v) is 14.0. The van der Waals surface area contributed by atoms with Crippen molar-refractivity contribution in [3.05, 3.63) is 59.7 Å². The molecule has 128 valence electrons. The molecule has 0 spiro atoms. The van der Waals surface area contributed by atoms with Crippen LogP contribution in [0.15, 0.2) is 59.7 Å². The van der Waals surface area contributed by atoms with Crippen molar-refractivity contribution in [1.82, 2.24) is 15.4 Å². The Balaban J connectivity index is 1.61. The van der Waals surface area contributed by atoms with Crippen LogP contribution in [0.3, 0.4) is 0 Å². The molecule has 2 heterocycles. The zero-order chi connectivity index (χ0) is 17.4. The number of amides is 1. The van der Waals surface area contributed by atoms with Gasteiger partial charge in [-0.2, -0.15) is 0 Å². The number of aromatic nitrogens is 2. The Kier molecular flexibility index (Phi) is 3.69. The van der Waals surface area contributed by atoms with E-state index < -0.39 is 11.3 Å². The van der Waals surface area contributed by atoms with Crippen molar-refractivity contribution in [1.29, 1.82) is 0 Å². The molecule has 1 aromatic carbocycles. The summed E-state index contributed by atoms with van der Waals surface area (Å²) in [6.07, 6.45) is 8.54. The average molecular weight is 336 g/mol. The van der Waals surface area contributed by atoms with Gasteiger partial charge in [0.25, 0.3) is 5.91 Å². The van der Waals surface area contributed by atoms with Crippen molar-refractivity contribution >= 4 is 22.9 Å². The summed E-state index contributed by atoms with van der Waals surface area (Å²) in [6.45, 7) is 3.37. The molecule has 2 aromatic rings. The summed E-state index contributed by atoms with van der Waals surface area (Å²) in [4.78, 5) is 22.2. The molecule has 0 saturated heterocycles. The molecular formula is C19H20N4O2. The monoisotopic (exact) mass is 336 g/mol. The number of hydrogen-bond donors (Lipinski definition) is 3. The lowest BCUT2D eigenvalue weighted by Crippen LogP contribution is -2.34. The summed E-state index contributed by atoms with van der Waals surface area (Å²) in [5.74, 6) is 0.430. The molecule has 1 amide bonds. The van der Waals surface area contributed by atoms with E-state index in [4.69, 9.17) is 5.21 Å². The molecule has 0 bridgehead atoms. The number of hydroxylamine groups is 1. The molecule has 1 atom stereocenters. The summed E-state index contributed by atoms with van der Waals surface area (Å²) in [5, 5.41) is 8.96. The van der Waals surface area contributed by atoms with E-state index in [9.17, 15) is 4.79 Å². The number of imidazole rings is 1. The Bertz CT molecular complexity index is 891. The van der Waals surface area contributed by atoms with Crippen LogP contribution >= 0.6 is 0 Å². The molecular weight excluding hydrogens is 316 g/mol. The van der Waals surface area contributed by atoms with Crippen LogP contribution in [0.4, 0.5) is 5.95 Å². The van der Waals surface area contributed by atoms with E-state index in [1.807, 2.05) is 48.6 Å². The molecule has 0 radical (unpaired) electrons. The molecule has 6 heteroatoms. The molecule has 6 nitrogen and oxygen atoms in total. The summed E-state index contributed by atoms with van der Waals surface area (Å²) in [6, 6.07) is 7.99. The predicted molar refractivity (Wildman–Crippen MR) is 96.3 cm³/mol. The van der Waals surface area contributed by atoms with Crippen LogP contribution in [0.5, 0.6) is 0 Å². The highest BCUT2D eigenvalue weighted by molar-refractivity contribution is 5.86. The molecule has 4 rings (SSSR count). The lowest BCUT2D eigenvalue weighted by Gasteiger charge is -2.28. The first kappa shape index (κ1) is 15.7. The van der Waals surface area contributed by atoms with E-state index in [1.165, 1.54) is 5.57 Å². The number of aromatic amines is 1. The van der Waals surface area contributed by atoms with Crippen molar-refractivity contribution in [2.45, 2.75) is 13.3 Å². The first-order chi connectivity index (χ1) is 12.1. The quantitative estimate of drug-likeness (QED) is 0.582. The van der Waals surface area contributed by atoms with Gasteiger partial charge < -0.3 is 9.88 Å². The van der Waals surface area contributed by atoms with E-state index in [2.05, 4.69) is 14.9 Å². The van der Waals surface area contributed by atoms with Crippen molar-refractivity contribution in [3.63, 3.8) is 0 Å². The normalized spacial score (nSPS) is 22.9. The second kappa shape index (κ2) is 5.89. The van der Waals surface area contributed by atoms with Gasteiger partial charge in [0.2, 0.25) is 5.95 Å². The smallest absolute Gasteiger partial charge is 0.256 e. The lowest BCUT2D eigenvalue weighted by atomic mass is 9.89. The van der Waals surface area contributed by atoms with E-state index in [0.29, 0.717) is 0 Å². The zero-order valence-electron chi connectivity index (χ0n) is 14.0. The Morgan fingerprint density at radius 2 is 2.04 bits per heavy atom. The number of allylic oxidation sites excluding steroid dienone is 1. The first-order valence-corrected chi connectivity index (χ1v) is 8.34. The third-order valence-electron chi connectivity index (χ3n) is 4.95. The molecule has 0 fully saturated rings. The summed E-state index contributed by atoms with van der Waals surface area (Å²) >= 11 is 0. The van der Waals surface area contributed by atoms with Crippen molar-refractivity contribution in [2.75, 3.05) is 18.0 Å². The summed E-state index contributed by atoms with van der Waals surface area (Å²) in [5.41, 5.74) is 5.27. The number of H-pyrrole nitrogens is 1. The third kappa shape index (κ3) is 2.74. The van der Waals surface area contributed by atoms with Crippen molar-refractivity contribution < 1.29 is 10.0 Å². The number of para-hydroxylation sites is 2. The maximum absolute atomic E-state index is 11.9. The highest BCUT2D eigenvalue weighted by atomic mass is 16.5. The SMILES string of the molecule is CC1(C(=O)NO)C=CC2=C(C=C1)CN(c1nc3ccccc3[nH]1)CC2. The highest BCUT2D eigenvalue weighted by Crippen LogP contribution is 2.31. The molecule has 1 unspecified atom stereocenters. The van der Waals surface area contributed by atoms with Gasteiger partial charge in [0.05, 0.1) is 16.4 Å². The highest BCUT2D eigenvalue weighted by Gasteiger charge is 2.30. The van der Waals surface area contributed by atoms with Gasteiger partial charge in [-0.15, -0.1) is 0 Å². The molecule has 1 aliphatic heterocycles. The van der Waals surface area contributed by atoms with E-state index in [1.54, 1.807) is 12.4 Å². The minimum absolute atomic E-state index is 0.436. The number of anilines is 1. The molecule has 1 aromatic heterocycles. The number of nitrogens with one attached hydrogen (secondary N) is 2. The molecule has 25 heavy (non-hydrogen) atoms. The van der Waals surface area contributed by atoms with Crippen molar-refractivity contribution in [3.8, 4) is 0 Å². The van der Waals surface area contributed by atoms with Gasteiger partial charge >= 0.3 is 0 Å². The first-order valence-electron chi connectivity index (χ1n) is 8.34. The average Bonchev–Trinajstić information content (AvgIpc) is 3.00. The number of carbonyl (C=O) groups excluding carboxylic acids is 1. The lowest BCUT2D eigenvalue weighted by molar-refractivity contribution is -0.134. The third-order valence-corrected chi connectivity index (χ3v) is 4.95. The number of hydrogen-bond acceptors (Lipinski definition) is 4. The van der Waals surface area contributed by atoms with E-state index in [-0.39, 0.29) is 0 Å². The fraction of sp³-hybridized carbons (Fsp3) is 0.263. The number of benzene rings is 1. The maximum atomic E-state index is 11.9. The second-order valence-corrected chi connectivity index (χ2v) is 6.69. The van der Waals surface area contributed by atoms with Crippen LogP contribution in [-0.4, -0.2) is 34.2 Å². The number of nitrogens with zero attached hydrogens (tertiary/aromatic N) is 2. The minimum atomic E-state index is -0.851. The summed E-state index contributed by atoms with van der Waals surface area (Å²) < 4.78 is 0. The second-order valence-electron chi connectivity index (χ2n) is 6.69. The standard InChI is InChI=1S/C19H20N4O2/c1-19(17(24)22-25)9-6-13-8-11-23(12-14(13)7-10-19)18-20-15-4-2-3-5-16(15)21-18/h2-7,9-10,25H,8,11-12H2,1H3,(H,20,21)(H,22,24). The number of fused-ring (bicyclic) bond motifs is 1. The van der Waals surface area contributed by atoms with Crippen LogP contribution in [0.2, 0.25) is 0 Å². The van der Waals surface area contributed by atoms with Crippen LogP contribution in [0.25, 0.3) is 11.0 Å². The molecule has 2 aliphatic rings. The van der Waals surface area contributed by atoms with Crippen molar-refractivity contribution in [2.24, 2.45) is 5.41 Å². The van der Waals surface area contributed by atoms with Crippen LogP contribution in [0, 0.1) is 5.41 Å². The Morgan fingerprint density at radius 1 is 1.28 bits per heavy atom. The predicted octanol–water partition coefficient (Wildman–Crippen LogP) is 2.71. The van der Waals surface area contributed by atoms with Gasteiger partial charge in [-0.05, 0) is 36.6 Å². The van der Waals surface area contributed by atoms with Gasteiger partial charge in [0.1, 0.15) is 0 Å². The fourth-order valence-electron chi connectivity index (χ4n) is 3.30. The Labute approximate surface area is 145 Å². The van der Waals surface area contributed by atoms with Gasteiger partial charge in [0.15, 0.2) is 0 Å². The molecule has 3 N–H and O–H groups in total. The van der Waals surface area contributed by atoms with Gasteiger partial charge in [-0.1, -0.05) is 36.4 Å². The van der Waals surface area contributed by atoms with Gasteiger partial charge in [-0.3, -0.25) is 10.0 Å². The Hall–Kier alpha value is -2.86. The van der Waals surface area contributed by atoms with Gasteiger partial charge in [0, 0.05) is 13.1 Å². The molecule has 0 saturated carbocycles. The summed E-state index contributed by atoms with van der Waals surface area (Å²) in [7, 11) is 0. The van der Waals surface area contributed by atoms with E-state index in [0.717, 1.165) is 42.1 Å². The van der Waals surface area contributed by atoms with Crippen LogP contribution in [0.1, 0.15) is 13.3 Å². The molecule has 1 aliphatic carbocycles. The fourth-order valence-corrected chi connectivity index (χ4v) is 3.30. The number of carbonyl (C=O) groups is 1. The minimum Gasteiger partial charge on any atom is -0.338 e. The maximum Gasteiger partial charge on any atom is 0.256 e.